The van der Waals surface area contributed by atoms with E-state index in [0.29, 0.717) is 33.8 Å². The Hall–Kier alpha value is -2.04. The lowest BCUT2D eigenvalue weighted by molar-refractivity contribution is -0.116. The molecule has 3 aliphatic carbocycles. The van der Waals surface area contributed by atoms with Gasteiger partial charge >= 0.3 is 0 Å². The number of halogens is 2. The van der Waals surface area contributed by atoms with Crippen LogP contribution in [-0.4, -0.2) is 52.6 Å². The van der Waals surface area contributed by atoms with Gasteiger partial charge in [0.05, 0.1) is 46.2 Å². The SMILES string of the molecule is OC1(c2nc3ccc(CN4CCOCC4)cc3s2)[C@@H]2CC[C@H]1CC(OCc1c(-c3c(Cl)cccc3Cl)noc1C1CC1)C2. The van der Waals surface area contributed by atoms with Gasteiger partial charge in [0.25, 0.3) is 0 Å². The minimum atomic E-state index is -0.902. The lowest BCUT2D eigenvalue weighted by Gasteiger charge is -2.41. The van der Waals surface area contributed by atoms with Gasteiger partial charge in [-0.3, -0.25) is 4.90 Å². The molecule has 2 unspecified atom stereocenters. The van der Waals surface area contributed by atoms with Crippen LogP contribution in [0.25, 0.3) is 21.5 Å². The van der Waals surface area contributed by atoms with E-state index in [0.717, 1.165) is 97.9 Å². The number of hydrogen-bond acceptors (Lipinski definition) is 8. The van der Waals surface area contributed by atoms with Crippen molar-refractivity contribution in [1.82, 2.24) is 15.0 Å². The van der Waals surface area contributed by atoms with E-state index >= 15 is 0 Å². The van der Waals surface area contributed by atoms with Crippen LogP contribution < -0.4 is 0 Å². The fourth-order valence-corrected chi connectivity index (χ4v) is 9.35. The van der Waals surface area contributed by atoms with Crippen molar-refractivity contribution in [3.63, 3.8) is 0 Å². The Kier molecular flexibility index (Phi) is 7.53. The lowest BCUT2D eigenvalue weighted by atomic mass is 9.73. The number of thiazole rings is 1. The fraction of sp³-hybridized carbons (Fsp3) is 0.515. The molecule has 4 fully saturated rings. The standard InChI is InChI=1S/C33H35Cl2N3O4S/c34-25-2-1-3-26(35)29(25)30-24(31(42-37-30)20-5-6-20)18-41-23-15-21-7-8-22(16-23)33(21,39)32-36-27-9-4-19(14-28(27)43-32)17-38-10-12-40-13-11-38/h1-4,9,14,20-23,39H,5-8,10-13,15-18H2/t21-,22+,23?,33?. The number of hydrogen-bond donors (Lipinski definition) is 1. The third-order valence-corrected chi connectivity index (χ3v) is 11.7. The molecular formula is C33H35Cl2N3O4S. The van der Waals surface area contributed by atoms with E-state index < -0.39 is 5.60 Å². The molecule has 3 heterocycles. The zero-order valence-corrected chi connectivity index (χ0v) is 26.3. The van der Waals surface area contributed by atoms with Crippen LogP contribution in [0.3, 0.4) is 0 Å². The van der Waals surface area contributed by atoms with Crippen LogP contribution in [0, 0.1) is 11.8 Å². The molecule has 2 aromatic heterocycles. The van der Waals surface area contributed by atoms with Crippen LogP contribution in [0.4, 0.5) is 0 Å². The van der Waals surface area contributed by atoms with Gasteiger partial charge in [0.1, 0.15) is 22.1 Å². The summed E-state index contributed by atoms with van der Waals surface area (Å²) in [4.78, 5) is 7.43. The summed E-state index contributed by atoms with van der Waals surface area (Å²) < 4.78 is 19.1. The molecule has 2 bridgehead atoms. The summed E-state index contributed by atoms with van der Waals surface area (Å²) in [5, 5.41) is 18.6. The van der Waals surface area contributed by atoms with Gasteiger partial charge in [0.2, 0.25) is 0 Å². The average Bonchev–Trinajstić information content (AvgIpc) is 3.59. The molecule has 0 amide bonds. The highest BCUT2D eigenvalue weighted by molar-refractivity contribution is 7.18. The number of fused-ring (bicyclic) bond motifs is 3. The van der Waals surface area contributed by atoms with Gasteiger partial charge in [-0.2, -0.15) is 0 Å². The van der Waals surface area contributed by atoms with Crippen molar-refractivity contribution in [3.8, 4) is 11.3 Å². The maximum atomic E-state index is 12.2. The van der Waals surface area contributed by atoms with E-state index in [1.807, 2.05) is 18.2 Å². The highest BCUT2D eigenvalue weighted by Gasteiger charge is 2.56. The monoisotopic (exact) mass is 639 g/mol. The van der Waals surface area contributed by atoms with E-state index in [-0.39, 0.29) is 17.9 Å². The van der Waals surface area contributed by atoms with E-state index in [1.165, 1.54) is 5.56 Å². The Morgan fingerprint density at radius 1 is 1.02 bits per heavy atom. The summed E-state index contributed by atoms with van der Waals surface area (Å²) in [5.41, 5.74) is 3.68. The summed E-state index contributed by atoms with van der Waals surface area (Å²) >= 11 is 14.8. The number of nitrogens with zero attached hydrogens (tertiary/aromatic N) is 3. The van der Waals surface area contributed by atoms with Gasteiger partial charge in [-0.25, -0.2) is 4.98 Å². The van der Waals surface area contributed by atoms with E-state index in [9.17, 15) is 5.11 Å². The van der Waals surface area contributed by atoms with Gasteiger partial charge in [-0.05, 0) is 80.2 Å². The Morgan fingerprint density at radius 2 is 1.77 bits per heavy atom. The van der Waals surface area contributed by atoms with Gasteiger partial charge in [0, 0.05) is 36.7 Å². The zero-order chi connectivity index (χ0) is 29.1. The Morgan fingerprint density at radius 3 is 2.49 bits per heavy atom. The summed E-state index contributed by atoms with van der Waals surface area (Å²) in [6, 6.07) is 12.0. The van der Waals surface area contributed by atoms with Crippen molar-refractivity contribution >= 4 is 44.8 Å². The molecule has 7 nitrogen and oxygen atoms in total. The van der Waals surface area contributed by atoms with Crippen LogP contribution in [0.1, 0.15) is 66.3 Å². The number of aliphatic hydroxyl groups is 1. The van der Waals surface area contributed by atoms with E-state index in [1.54, 1.807) is 11.3 Å². The minimum absolute atomic E-state index is 0.0452. The maximum absolute atomic E-state index is 12.2. The molecular weight excluding hydrogens is 605 g/mol. The number of ether oxygens (including phenoxy) is 2. The maximum Gasteiger partial charge on any atom is 0.145 e. The molecule has 1 aliphatic heterocycles. The molecule has 43 heavy (non-hydrogen) atoms. The first kappa shape index (κ1) is 28.4. The number of benzene rings is 2. The minimum Gasteiger partial charge on any atom is -0.382 e. The van der Waals surface area contributed by atoms with Gasteiger partial charge < -0.3 is 19.1 Å². The average molecular weight is 641 g/mol. The lowest BCUT2D eigenvalue weighted by Crippen LogP contribution is -2.44. The molecule has 1 saturated heterocycles. The van der Waals surface area contributed by atoms with E-state index in [2.05, 4.69) is 28.3 Å². The first-order valence-electron chi connectivity index (χ1n) is 15.4. The molecule has 2 aromatic carbocycles. The summed E-state index contributed by atoms with van der Waals surface area (Å²) in [6.07, 6.45) is 5.81. The molecule has 4 aliphatic rings. The van der Waals surface area contributed by atoms with Crippen molar-refractivity contribution in [3.05, 3.63) is 68.3 Å². The van der Waals surface area contributed by atoms with Crippen LogP contribution in [0.2, 0.25) is 10.0 Å². The summed E-state index contributed by atoms with van der Waals surface area (Å²) in [6.45, 7) is 4.83. The zero-order valence-electron chi connectivity index (χ0n) is 23.9. The number of rotatable bonds is 8. The van der Waals surface area contributed by atoms with Crippen molar-refractivity contribution < 1.29 is 19.1 Å². The molecule has 3 saturated carbocycles. The second-order valence-electron chi connectivity index (χ2n) is 12.7. The fourth-order valence-electron chi connectivity index (χ4n) is 7.49. The van der Waals surface area contributed by atoms with Crippen molar-refractivity contribution in [2.24, 2.45) is 11.8 Å². The predicted octanol–water partition coefficient (Wildman–Crippen LogP) is 7.56. The molecule has 4 aromatic rings. The third kappa shape index (κ3) is 5.23. The van der Waals surface area contributed by atoms with Crippen LogP contribution >= 0.6 is 34.5 Å². The largest absolute Gasteiger partial charge is 0.382 e. The Labute approximate surface area is 265 Å². The molecule has 226 valence electrons. The van der Waals surface area contributed by atoms with Crippen LogP contribution in [0.5, 0.6) is 0 Å². The highest BCUT2D eigenvalue weighted by Crippen LogP contribution is 2.57. The van der Waals surface area contributed by atoms with Crippen LogP contribution in [-0.2, 0) is 28.2 Å². The summed E-state index contributed by atoms with van der Waals surface area (Å²) in [5.74, 6) is 1.51. The highest BCUT2D eigenvalue weighted by atomic mass is 35.5. The predicted molar refractivity (Wildman–Crippen MR) is 168 cm³/mol. The summed E-state index contributed by atoms with van der Waals surface area (Å²) in [7, 11) is 0. The molecule has 0 spiro atoms. The van der Waals surface area contributed by atoms with Crippen LogP contribution in [0.15, 0.2) is 40.9 Å². The third-order valence-electron chi connectivity index (χ3n) is 9.94. The number of morpholine rings is 1. The van der Waals surface area contributed by atoms with Gasteiger partial charge in [-0.1, -0.05) is 40.5 Å². The van der Waals surface area contributed by atoms with Crippen molar-refractivity contribution in [2.75, 3.05) is 26.3 Å². The first-order valence-corrected chi connectivity index (χ1v) is 17.0. The molecule has 1 N–H and O–H groups in total. The first-order chi connectivity index (χ1) is 21.0. The molecule has 10 heteroatoms. The van der Waals surface area contributed by atoms with Gasteiger partial charge in [0.15, 0.2) is 0 Å². The topological polar surface area (TPSA) is 80.9 Å². The second-order valence-corrected chi connectivity index (χ2v) is 14.5. The number of aromatic nitrogens is 2. The molecule has 0 radical (unpaired) electrons. The quantitative estimate of drug-likeness (QED) is 0.213. The van der Waals surface area contributed by atoms with Gasteiger partial charge in [-0.15, -0.1) is 11.3 Å². The normalized spacial score (nSPS) is 27.7. The molecule has 4 atom stereocenters. The van der Waals surface area contributed by atoms with Crippen molar-refractivity contribution in [2.45, 2.75) is 69.3 Å². The smallest absolute Gasteiger partial charge is 0.145 e. The van der Waals surface area contributed by atoms with E-state index in [4.69, 9.17) is 42.2 Å². The van der Waals surface area contributed by atoms with Crippen molar-refractivity contribution in [1.29, 1.82) is 0 Å². The Bertz CT molecular complexity index is 1610. The molecule has 8 rings (SSSR count). The second kappa shape index (κ2) is 11.4. The Balaban J connectivity index is 0.996.